The molecule has 0 fully saturated rings. The van der Waals surface area contributed by atoms with Gasteiger partial charge in [0.2, 0.25) is 0 Å². The van der Waals surface area contributed by atoms with Gasteiger partial charge in [0.15, 0.2) is 0 Å². The zero-order valence-electron chi connectivity index (χ0n) is 11.6. The highest BCUT2D eigenvalue weighted by molar-refractivity contribution is 7.92. The quantitative estimate of drug-likeness (QED) is 0.843. The highest BCUT2D eigenvalue weighted by atomic mass is 32.2. The number of nitrogens with zero attached hydrogens (tertiary/aromatic N) is 1. The van der Waals surface area contributed by atoms with Gasteiger partial charge in [-0.3, -0.25) is 9.71 Å². The van der Waals surface area contributed by atoms with Crippen LogP contribution in [0.15, 0.2) is 41.6 Å². The maximum atomic E-state index is 12.4. The number of hydrogen-bond acceptors (Lipinski definition) is 4. The van der Waals surface area contributed by atoms with Crippen LogP contribution in [0.2, 0.25) is 0 Å². The van der Waals surface area contributed by atoms with Crippen molar-refractivity contribution in [1.82, 2.24) is 4.98 Å². The summed E-state index contributed by atoms with van der Waals surface area (Å²) in [7, 11) is -3.68. The van der Waals surface area contributed by atoms with Gasteiger partial charge in [0, 0.05) is 11.8 Å². The number of aryl methyl sites for hydroxylation is 2. The van der Waals surface area contributed by atoms with E-state index in [1.807, 2.05) is 6.92 Å². The molecule has 1 aromatic heterocycles. The highest BCUT2D eigenvalue weighted by Crippen LogP contribution is 2.20. The molecule has 2 rings (SSSR count). The van der Waals surface area contributed by atoms with Crippen LogP contribution in [0.1, 0.15) is 16.7 Å². The van der Waals surface area contributed by atoms with E-state index in [4.69, 9.17) is 18.0 Å². The van der Waals surface area contributed by atoms with E-state index in [1.165, 1.54) is 12.3 Å². The average molecular weight is 321 g/mol. The smallest absolute Gasteiger partial charge is 0.262 e. The molecule has 5 nitrogen and oxygen atoms in total. The van der Waals surface area contributed by atoms with Gasteiger partial charge in [0.05, 0.1) is 16.8 Å². The molecule has 110 valence electrons. The SMILES string of the molecule is Cc1cncc(NS(=O)(=O)c2ccc(C(N)=S)cc2C)c1. The summed E-state index contributed by atoms with van der Waals surface area (Å²) in [5, 5.41) is 0. The molecule has 0 bridgehead atoms. The molecule has 0 unspecified atom stereocenters. The Morgan fingerprint density at radius 2 is 1.95 bits per heavy atom. The third-order valence-electron chi connectivity index (χ3n) is 2.88. The van der Waals surface area contributed by atoms with Crippen molar-refractivity contribution < 1.29 is 8.42 Å². The minimum atomic E-state index is -3.68. The molecule has 1 aromatic carbocycles. The Hall–Kier alpha value is -1.99. The molecule has 7 heteroatoms. The van der Waals surface area contributed by atoms with E-state index in [0.29, 0.717) is 16.8 Å². The van der Waals surface area contributed by atoms with Gasteiger partial charge < -0.3 is 5.73 Å². The van der Waals surface area contributed by atoms with Gasteiger partial charge in [-0.1, -0.05) is 18.3 Å². The number of thiocarbonyl (C=S) groups is 1. The predicted octanol–water partition coefficient (Wildman–Crippen LogP) is 2.13. The third-order valence-corrected chi connectivity index (χ3v) is 4.65. The van der Waals surface area contributed by atoms with Gasteiger partial charge in [-0.2, -0.15) is 0 Å². The molecule has 2 aromatic rings. The molecule has 0 radical (unpaired) electrons. The van der Waals surface area contributed by atoms with Crippen LogP contribution in [0.3, 0.4) is 0 Å². The van der Waals surface area contributed by atoms with Crippen LogP contribution in [0.25, 0.3) is 0 Å². The lowest BCUT2D eigenvalue weighted by Gasteiger charge is -2.11. The summed E-state index contributed by atoms with van der Waals surface area (Å²) in [5.41, 5.74) is 8.05. The van der Waals surface area contributed by atoms with Gasteiger partial charge in [-0.05, 0) is 43.2 Å². The predicted molar refractivity (Wildman–Crippen MR) is 86.8 cm³/mol. The standard InChI is InChI=1S/C14H15N3O2S2/c1-9-5-12(8-16-7-9)17-21(18,19)13-4-3-11(14(15)20)6-10(13)2/h3-8,17H,1-2H3,(H2,15,20). The second kappa shape index (κ2) is 5.79. The number of anilines is 1. The van der Waals surface area contributed by atoms with E-state index < -0.39 is 10.0 Å². The zero-order chi connectivity index (χ0) is 15.6. The Morgan fingerprint density at radius 1 is 1.24 bits per heavy atom. The van der Waals surface area contributed by atoms with E-state index in [9.17, 15) is 8.42 Å². The second-order valence-electron chi connectivity index (χ2n) is 4.70. The number of sulfonamides is 1. The molecule has 0 aliphatic rings. The molecule has 0 saturated carbocycles. The summed E-state index contributed by atoms with van der Waals surface area (Å²) in [5.74, 6) is 0. The Labute approximate surface area is 129 Å². The van der Waals surface area contributed by atoms with Crippen molar-refractivity contribution in [3.63, 3.8) is 0 Å². The molecule has 3 N–H and O–H groups in total. The lowest BCUT2D eigenvalue weighted by molar-refractivity contribution is 0.600. The van der Waals surface area contributed by atoms with E-state index in [0.717, 1.165) is 5.56 Å². The van der Waals surface area contributed by atoms with Crippen LogP contribution >= 0.6 is 12.2 Å². The third kappa shape index (κ3) is 3.56. The van der Waals surface area contributed by atoms with Crippen molar-refractivity contribution in [1.29, 1.82) is 0 Å². The first kappa shape index (κ1) is 15.4. The number of benzene rings is 1. The van der Waals surface area contributed by atoms with Crippen molar-refractivity contribution in [3.8, 4) is 0 Å². The number of nitrogens with one attached hydrogen (secondary N) is 1. The van der Waals surface area contributed by atoms with Crippen molar-refractivity contribution in [3.05, 3.63) is 53.3 Å². The van der Waals surface area contributed by atoms with Crippen LogP contribution < -0.4 is 10.5 Å². The van der Waals surface area contributed by atoms with E-state index in [2.05, 4.69) is 9.71 Å². The molecule has 0 spiro atoms. The lowest BCUT2D eigenvalue weighted by atomic mass is 10.1. The highest BCUT2D eigenvalue weighted by Gasteiger charge is 2.17. The number of hydrogen-bond donors (Lipinski definition) is 2. The normalized spacial score (nSPS) is 11.1. The first-order chi connectivity index (χ1) is 9.79. The van der Waals surface area contributed by atoms with Crippen LogP contribution in [0.5, 0.6) is 0 Å². The van der Waals surface area contributed by atoms with Crippen molar-refractivity contribution in [2.75, 3.05) is 4.72 Å². The molecule has 0 amide bonds. The Morgan fingerprint density at radius 3 is 2.52 bits per heavy atom. The summed E-state index contributed by atoms with van der Waals surface area (Å²) >= 11 is 4.88. The number of aromatic nitrogens is 1. The summed E-state index contributed by atoms with van der Waals surface area (Å²) in [6.45, 7) is 3.54. The van der Waals surface area contributed by atoms with Gasteiger partial charge in [-0.25, -0.2) is 8.42 Å². The first-order valence-electron chi connectivity index (χ1n) is 6.14. The second-order valence-corrected chi connectivity index (χ2v) is 6.79. The number of pyridine rings is 1. The van der Waals surface area contributed by atoms with Crippen LogP contribution in [-0.4, -0.2) is 18.4 Å². The van der Waals surface area contributed by atoms with Crippen molar-refractivity contribution in [2.45, 2.75) is 18.7 Å². The molecule has 0 aliphatic heterocycles. The Bertz CT molecular complexity index is 802. The fourth-order valence-corrected chi connectivity index (χ4v) is 3.31. The van der Waals surface area contributed by atoms with Crippen molar-refractivity contribution >= 4 is 32.9 Å². The summed E-state index contributed by atoms with van der Waals surface area (Å²) < 4.78 is 27.3. The molecule has 1 heterocycles. The van der Waals surface area contributed by atoms with Crippen LogP contribution in [-0.2, 0) is 10.0 Å². The summed E-state index contributed by atoms with van der Waals surface area (Å²) in [4.78, 5) is 4.38. The fraction of sp³-hybridized carbons (Fsp3) is 0.143. The molecule has 0 saturated heterocycles. The molecule has 21 heavy (non-hydrogen) atoms. The fourth-order valence-electron chi connectivity index (χ4n) is 1.93. The van der Waals surface area contributed by atoms with Crippen LogP contribution in [0, 0.1) is 13.8 Å². The first-order valence-corrected chi connectivity index (χ1v) is 8.03. The van der Waals surface area contributed by atoms with Gasteiger partial charge in [0.1, 0.15) is 4.99 Å². The maximum Gasteiger partial charge on any atom is 0.262 e. The Balaban J connectivity index is 2.38. The van der Waals surface area contributed by atoms with Gasteiger partial charge >= 0.3 is 0 Å². The van der Waals surface area contributed by atoms with Crippen LogP contribution in [0.4, 0.5) is 5.69 Å². The Kier molecular flexibility index (Phi) is 4.24. The minimum Gasteiger partial charge on any atom is -0.389 e. The van der Waals surface area contributed by atoms with Gasteiger partial charge in [0.25, 0.3) is 10.0 Å². The molecule has 0 aliphatic carbocycles. The summed E-state index contributed by atoms with van der Waals surface area (Å²) in [6.07, 6.45) is 3.11. The minimum absolute atomic E-state index is 0.184. The largest absolute Gasteiger partial charge is 0.389 e. The lowest BCUT2D eigenvalue weighted by Crippen LogP contribution is -2.16. The van der Waals surface area contributed by atoms with E-state index in [1.54, 1.807) is 31.3 Å². The van der Waals surface area contributed by atoms with Gasteiger partial charge in [-0.15, -0.1) is 0 Å². The maximum absolute atomic E-state index is 12.4. The van der Waals surface area contributed by atoms with E-state index in [-0.39, 0.29) is 9.88 Å². The zero-order valence-corrected chi connectivity index (χ0v) is 13.3. The van der Waals surface area contributed by atoms with Crippen molar-refractivity contribution in [2.24, 2.45) is 5.73 Å². The molecular formula is C14H15N3O2S2. The topological polar surface area (TPSA) is 85.1 Å². The monoisotopic (exact) mass is 321 g/mol. The average Bonchev–Trinajstić information content (AvgIpc) is 2.37. The van der Waals surface area contributed by atoms with E-state index >= 15 is 0 Å². The molecular weight excluding hydrogens is 306 g/mol. The molecule has 0 atom stereocenters. The number of rotatable bonds is 4. The summed E-state index contributed by atoms with van der Waals surface area (Å²) in [6, 6.07) is 6.46. The number of nitrogens with two attached hydrogens (primary N) is 1.